The van der Waals surface area contributed by atoms with Crippen LogP contribution < -0.4 is 5.73 Å². The van der Waals surface area contributed by atoms with Crippen LogP contribution in [0.4, 0.5) is 5.69 Å². The second kappa shape index (κ2) is 11.0. The first-order valence-corrected chi connectivity index (χ1v) is 12.6. The van der Waals surface area contributed by atoms with Crippen molar-refractivity contribution in [3.63, 3.8) is 0 Å². The minimum Gasteiger partial charge on any atom is -0.478 e. The molecule has 188 valence electrons. The molecule has 1 aromatic heterocycles. The van der Waals surface area contributed by atoms with Gasteiger partial charge in [0.2, 0.25) is 0 Å². The number of anilines is 1. The number of rotatable bonds is 7. The minimum absolute atomic E-state index is 0.245. The second-order valence-electron chi connectivity index (χ2n) is 8.82. The monoisotopic (exact) mass is 539 g/mol. The molecular weight excluding hydrogens is 517 g/mol. The van der Waals surface area contributed by atoms with Crippen molar-refractivity contribution < 1.29 is 9.90 Å². The molecule has 0 aliphatic heterocycles. The van der Waals surface area contributed by atoms with Crippen molar-refractivity contribution in [3.05, 3.63) is 130 Å². The van der Waals surface area contributed by atoms with E-state index in [-0.39, 0.29) is 5.56 Å². The van der Waals surface area contributed by atoms with E-state index in [1.54, 1.807) is 36.4 Å². The number of imidazole rings is 1. The molecule has 5 aromatic rings. The highest BCUT2D eigenvalue weighted by Gasteiger charge is 2.12. The normalized spacial score (nSPS) is 11.2. The zero-order valence-electron chi connectivity index (χ0n) is 20.2. The van der Waals surface area contributed by atoms with Crippen LogP contribution in [0.2, 0.25) is 10.0 Å². The largest absolute Gasteiger partial charge is 0.478 e. The van der Waals surface area contributed by atoms with Crippen molar-refractivity contribution >= 4 is 47.0 Å². The molecule has 5 nitrogen and oxygen atoms in total. The van der Waals surface area contributed by atoms with Crippen LogP contribution in [-0.2, 0) is 6.54 Å². The Bertz CT molecular complexity index is 1640. The van der Waals surface area contributed by atoms with E-state index in [0.29, 0.717) is 22.3 Å². The third-order valence-corrected chi connectivity index (χ3v) is 6.67. The molecular formula is C31H23Cl2N3O2. The Morgan fingerprint density at radius 2 is 1.66 bits per heavy atom. The topological polar surface area (TPSA) is 81.1 Å². The molecule has 38 heavy (non-hydrogen) atoms. The van der Waals surface area contributed by atoms with Crippen LogP contribution in [0, 0.1) is 0 Å². The maximum Gasteiger partial charge on any atom is 0.335 e. The maximum absolute atomic E-state index is 11.2. The number of nitrogen functional groups attached to an aromatic ring is 1. The molecule has 0 spiro atoms. The molecule has 0 unspecified atom stereocenters. The van der Waals surface area contributed by atoms with Crippen molar-refractivity contribution in [2.45, 2.75) is 6.54 Å². The van der Waals surface area contributed by atoms with Crippen LogP contribution >= 0.6 is 23.2 Å². The fourth-order valence-corrected chi connectivity index (χ4v) is 4.65. The van der Waals surface area contributed by atoms with Gasteiger partial charge in [0.25, 0.3) is 0 Å². The molecule has 0 aliphatic rings. The number of hydrogen-bond donors (Lipinski definition) is 2. The Hall–Kier alpha value is -4.32. The van der Waals surface area contributed by atoms with E-state index in [9.17, 15) is 9.90 Å². The molecule has 7 heteroatoms. The van der Waals surface area contributed by atoms with Gasteiger partial charge in [-0.1, -0.05) is 77.8 Å². The molecule has 5 rings (SSSR count). The molecule has 0 bridgehead atoms. The molecule has 0 aliphatic carbocycles. The van der Waals surface area contributed by atoms with Crippen LogP contribution in [0.15, 0.2) is 97.2 Å². The lowest BCUT2D eigenvalue weighted by atomic mass is 10.0. The molecule has 0 fully saturated rings. The van der Waals surface area contributed by atoms with E-state index in [4.69, 9.17) is 33.9 Å². The molecule has 1 heterocycles. The van der Waals surface area contributed by atoms with Crippen molar-refractivity contribution in [2.75, 3.05) is 5.73 Å². The Labute approximate surface area is 230 Å². The summed E-state index contributed by atoms with van der Waals surface area (Å²) in [6, 6.07) is 28.1. The Morgan fingerprint density at radius 3 is 2.34 bits per heavy atom. The van der Waals surface area contributed by atoms with Gasteiger partial charge in [0.15, 0.2) is 0 Å². The van der Waals surface area contributed by atoms with Crippen LogP contribution in [0.3, 0.4) is 0 Å². The Kier molecular flexibility index (Phi) is 7.31. The average Bonchev–Trinajstić information content (AvgIpc) is 3.30. The first-order valence-electron chi connectivity index (χ1n) is 11.8. The third-order valence-electron chi connectivity index (χ3n) is 6.12. The highest BCUT2D eigenvalue weighted by molar-refractivity contribution is 6.36. The molecule has 3 N–H and O–H groups in total. The van der Waals surface area contributed by atoms with Crippen LogP contribution in [0.5, 0.6) is 0 Å². The van der Waals surface area contributed by atoms with Gasteiger partial charge in [-0.3, -0.25) is 0 Å². The molecule has 0 saturated carbocycles. The van der Waals surface area contributed by atoms with Crippen molar-refractivity contribution in [1.29, 1.82) is 0 Å². The van der Waals surface area contributed by atoms with Gasteiger partial charge in [0, 0.05) is 29.0 Å². The van der Waals surface area contributed by atoms with Crippen molar-refractivity contribution in [3.8, 4) is 22.4 Å². The van der Waals surface area contributed by atoms with Gasteiger partial charge < -0.3 is 15.4 Å². The number of halogens is 2. The summed E-state index contributed by atoms with van der Waals surface area (Å²) in [5.74, 6) is -0.225. The quantitative estimate of drug-likeness (QED) is 0.205. The number of carboxylic acid groups (broad SMARTS) is 1. The van der Waals surface area contributed by atoms with E-state index in [0.717, 1.165) is 39.3 Å². The number of nitrogens with two attached hydrogens (primary N) is 1. The summed E-state index contributed by atoms with van der Waals surface area (Å²) in [5, 5.41) is 10.3. The highest BCUT2D eigenvalue weighted by Crippen LogP contribution is 2.30. The van der Waals surface area contributed by atoms with Gasteiger partial charge in [-0.05, 0) is 70.8 Å². The number of nitrogens with zero attached hydrogens (tertiary/aromatic N) is 2. The molecule has 0 atom stereocenters. The number of carboxylic acids is 1. The molecule has 4 aromatic carbocycles. The highest BCUT2D eigenvalue weighted by atomic mass is 35.5. The number of carbonyl (C=O) groups is 1. The standard InChI is InChI=1S/C31H23Cl2N3O2/c32-25-13-14-27(28(33)17-25)29-19-36(18-21-6-11-23(12-7-21)31(37)38)30(35-29)15-8-20-4-9-22(10-5-20)24-2-1-3-26(34)16-24/h1-17,19H,18,34H2,(H,37,38)/b15-8+. The van der Waals surface area contributed by atoms with Crippen LogP contribution in [0.25, 0.3) is 34.5 Å². The summed E-state index contributed by atoms with van der Waals surface area (Å²) in [4.78, 5) is 16.1. The predicted octanol–water partition coefficient (Wildman–Crippen LogP) is 8.02. The first-order chi connectivity index (χ1) is 18.4. The van der Waals surface area contributed by atoms with Gasteiger partial charge in [0.1, 0.15) is 5.82 Å². The van der Waals surface area contributed by atoms with Crippen molar-refractivity contribution in [1.82, 2.24) is 9.55 Å². The van der Waals surface area contributed by atoms with E-state index >= 15 is 0 Å². The predicted molar refractivity (Wildman–Crippen MR) is 155 cm³/mol. The van der Waals surface area contributed by atoms with Gasteiger partial charge in [-0.2, -0.15) is 0 Å². The lowest BCUT2D eigenvalue weighted by molar-refractivity contribution is 0.0697. The molecule has 0 radical (unpaired) electrons. The average molecular weight is 540 g/mol. The summed E-state index contributed by atoms with van der Waals surface area (Å²) in [7, 11) is 0. The van der Waals surface area contributed by atoms with Gasteiger partial charge >= 0.3 is 5.97 Å². The Morgan fingerprint density at radius 1 is 0.895 bits per heavy atom. The van der Waals surface area contributed by atoms with Crippen molar-refractivity contribution in [2.24, 2.45) is 0 Å². The van der Waals surface area contributed by atoms with E-state index in [1.165, 1.54) is 0 Å². The number of benzene rings is 4. The molecule has 0 saturated heterocycles. The summed E-state index contributed by atoms with van der Waals surface area (Å²) in [6.45, 7) is 0.506. The van der Waals surface area contributed by atoms with Crippen LogP contribution in [0.1, 0.15) is 27.3 Å². The summed E-state index contributed by atoms with van der Waals surface area (Å²) >= 11 is 12.6. The SMILES string of the molecule is Nc1cccc(-c2ccc(/C=C/c3nc(-c4ccc(Cl)cc4Cl)cn3Cc3ccc(C(=O)O)cc3)cc2)c1. The lowest BCUT2D eigenvalue weighted by Crippen LogP contribution is -2.02. The first kappa shape index (κ1) is 25.3. The minimum atomic E-state index is -0.954. The van der Waals surface area contributed by atoms with Gasteiger partial charge in [-0.25, -0.2) is 9.78 Å². The number of aromatic nitrogens is 2. The fraction of sp³-hybridized carbons (Fsp3) is 0.0323. The van der Waals surface area contributed by atoms with Gasteiger partial charge in [0.05, 0.1) is 16.3 Å². The zero-order chi connectivity index (χ0) is 26.6. The summed E-state index contributed by atoms with van der Waals surface area (Å²) in [6.07, 6.45) is 5.89. The van der Waals surface area contributed by atoms with Gasteiger partial charge in [-0.15, -0.1) is 0 Å². The fourth-order valence-electron chi connectivity index (χ4n) is 4.14. The summed E-state index contributed by atoms with van der Waals surface area (Å²) in [5.41, 5.74) is 12.5. The van der Waals surface area contributed by atoms with Crippen LogP contribution in [-0.4, -0.2) is 20.6 Å². The lowest BCUT2D eigenvalue weighted by Gasteiger charge is -2.06. The molecule has 0 amide bonds. The van der Waals surface area contributed by atoms with E-state index < -0.39 is 5.97 Å². The van der Waals surface area contributed by atoms with E-state index in [2.05, 4.69) is 12.1 Å². The zero-order valence-corrected chi connectivity index (χ0v) is 21.7. The summed E-state index contributed by atoms with van der Waals surface area (Å²) < 4.78 is 2.01. The second-order valence-corrected chi connectivity index (χ2v) is 9.66. The number of hydrogen-bond acceptors (Lipinski definition) is 3. The third kappa shape index (κ3) is 5.80. The number of aromatic carboxylic acids is 1. The smallest absolute Gasteiger partial charge is 0.335 e. The Balaban J connectivity index is 1.46. The maximum atomic E-state index is 11.2. The van der Waals surface area contributed by atoms with E-state index in [1.807, 2.05) is 65.4 Å².